The minimum absolute atomic E-state index is 0.284. The van der Waals surface area contributed by atoms with E-state index in [1.807, 2.05) is 23.5 Å². The lowest BCUT2D eigenvalue weighted by molar-refractivity contribution is 0.0652. The molecule has 1 fully saturated rings. The molecule has 0 spiro atoms. The lowest BCUT2D eigenvalue weighted by atomic mass is 10.0. The highest BCUT2D eigenvalue weighted by atomic mass is 32.2. The quantitative estimate of drug-likeness (QED) is 0.845. The number of hydrogen-bond donors (Lipinski definition) is 2. The second-order valence-electron chi connectivity index (χ2n) is 4.03. The van der Waals surface area contributed by atoms with Gasteiger partial charge in [0.2, 0.25) is 0 Å². The van der Waals surface area contributed by atoms with Crippen LogP contribution in [0.25, 0.3) is 0 Å². The highest BCUT2D eigenvalue weighted by Crippen LogP contribution is 2.28. The fraction of sp³-hybridized carbons (Fsp3) is 0.700. The van der Waals surface area contributed by atoms with Gasteiger partial charge in [-0.15, -0.1) is 11.3 Å². The maximum Gasteiger partial charge on any atom is 0.0869 e. The normalized spacial score (nSPS) is 28.1. The number of hydrogen-bond acceptors (Lipinski definition) is 5. The molecular formula is C10H16N2OS2. The molecule has 15 heavy (non-hydrogen) atoms. The average Bonchev–Trinajstić information content (AvgIpc) is 2.85. The molecule has 3 nitrogen and oxygen atoms in total. The molecule has 84 valence electrons. The first-order valence-corrected chi connectivity index (χ1v) is 7.15. The number of nitrogens with zero attached hydrogens (tertiary/aromatic N) is 1. The number of aromatic nitrogens is 1. The Morgan fingerprint density at radius 3 is 3.20 bits per heavy atom. The predicted octanol–water partition coefficient (Wildman–Crippen LogP) is 1.66. The summed E-state index contributed by atoms with van der Waals surface area (Å²) in [5, 5.41) is 13.5. The van der Waals surface area contributed by atoms with E-state index in [9.17, 15) is 5.11 Å². The van der Waals surface area contributed by atoms with Gasteiger partial charge in [0.1, 0.15) is 0 Å². The van der Waals surface area contributed by atoms with E-state index < -0.39 is 5.60 Å². The van der Waals surface area contributed by atoms with Crippen molar-refractivity contribution in [3.05, 3.63) is 16.6 Å². The first kappa shape index (κ1) is 11.4. The number of rotatable bonds is 4. The van der Waals surface area contributed by atoms with Crippen LogP contribution in [-0.4, -0.2) is 33.7 Å². The molecule has 1 aliphatic rings. The highest BCUT2D eigenvalue weighted by molar-refractivity contribution is 7.99. The summed E-state index contributed by atoms with van der Waals surface area (Å²) in [6.45, 7) is 2.79. The van der Waals surface area contributed by atoms with Gasteiger partial charge < -0.3 is 10.4 Å². The molecule has 0 bridgehead atoms. The Labute approximate surface area is 98.3 Å². The van der Waals surface area contributed by atoms with Crippen LogP contribution in [0.1, 0.15) is 24.3 Å². The number of thioether (sulfide) groups is 1. The second-order valence-corrected chi connectivity index (χ2v) is 6.06. The summed E-state index contributed by atoms with van der Waals surface area (Å²) in [7, 11) is 0. The minimum Gasteiger partial charge on any atom is -0.388 e. The first-order valence-electron chi connectivity index (χ1n) is 5.11. The van der Waals surface area contributed by atoms with E-state index in [4.69, 9.17) is 0 Å². The molecule has 0 aliphatic carbocycles. The van der Waals surface area contributed by atoms with Gasteiger partial charge in [0.05, 0.1) is 11.1 Å². The smallest absolute Gasteiger partial charge is 0.0869 e. The second kappa shape index (κ2) is 4.82. The van der Waals surface area contributed by atoms with Gasteiger partial charge in [-0.3, -0.25) is 4.98 Å². The van der Waals surface area contributed by atoms with Gasteiger partial charge in [0.15, 0.2) is 0 Å². The molecule has 2 rings (SSSR count). The molecular weight excluding hydrogens is 228 g/mol. The Bertz CT molecular complexity index is 296. The fourth-order valence-electron chi connectivity index (χ4n) is 1.62. The molecule has 1 aromatic rings. The molecule has 0 aromatic carbocycles. The number of aliphatic hydroxyl groups is 1. The third kappa shape index (κ3) is 2.93. The standard InChI is InChI=1S/C10H16N2OS2/c1-8(9-4-11-7-15-9)12-5-10(13)2-3-14-6-10/h4,7-8,12-13H,2-3,5-6H2,1H3. The zero-order valence-corrected chi connectivity index (χ0v) is 10.4. The Morgan fingerprint density at radius 1 is 1.73 bits per heavy atom. The van der Waals surface area contributed by atoms with Crippen LogP contribution in [0, 0.1) is 0 Å². The molecule has 1 aromatic heterocycles. The largest absolute Gasteiger partial charge is 0.388 e. The van der Waals surface area contributed by atoms with Crippen LogP contribution in [0.3, 0.4) is 0 Å². The molecule has 1 aliphatic heterocycles. The maximum absolute atomic E-state index is 10.1. The molecule has 2 atom stereocenters. The SMILES string of the molecule is CC(NCC1(O)CCSC1)c1cncs1. The molecule has 5 heteroatoms. The van der Waals surface area contributed by atoms with Gasteiger partial charge in [-0.25, -0.2) is 0 Å². The lowest BCUT2D eigenvalue weighted by Crippen LogP contribution is -2.41. The van der Waals surface area contributed by atoms with E-state index in [2.05, 4.69) is 17.2 Å². The molecule has 0 radical (unpaired) electrons. The zero-order valence-electron chi connectivity index (χ0n) is 8.77. The van der Waals surface area contributed by atoms with E-state index in [0.717, 1.165) is 17.9 Å². The Hall–Kier alpha value is -0.100. The summed E-state index contributed by atoms with van der Waals surface area (Å²) in [5.41, 5.74) is 1.34. The number of nitrogens with one attached hydrogen (secondary N) is 1. The topological polar surface area (TPSA) is 45.1 Å². The van der Waals surface area contributed by atoms with Crippen molar-refractivity contribution in [1.29, 1.82) is 0 Å². The molecule has 0 amide bonds. The molecule has 2 unspecified atom stereocenters. The van der Waals surface area contributed by atoms with Crippen LogP contribution in [-0.2, 0) is 0 Å². The van der Waals surface area contributed by atoms with Gasteiger partial charge in [-0.1, -0.05) is 0 Å². The third-order valence-corrected chi connectivity index (χ3v) is 4.89. The van der Waals surface area contributed by atoms with Crippen molar-refractivity contribution < 1.29 is 5.11 Å². The van der Waals surface area contributed by atoms with Crippen molar-refractivity contribution >= 4 is 23.1 Å². The van der Waals surface area contributed by atoms with Crippen LogP contribution >= 0.6 is 23.1 Å². The Kier molecular flexibility index (Phi) is 3.66. The predicted molar refractivity (Wildman–Crippen MR) is 65.4 cm³/mol. The van der Waals surface area contributed by atoms with Gasteiger partial charge in [0.25, 0.3) is 0 Å². The summed E-state index contributed by atoms with van der Waals surface area (Å²) in [5.74, 6) is 1.93. The van der Waals surface area contributed by atoms with Gasteiger partial charge in [-0.2, -0.15) is 11.8 Å². The van der Waals surface area contributed by atoms with Crippen LogP contribution in [0.5, 0.6) is 0 Å². The molecule has 1 saturated heterocycles. The number of thiazole rings is 1. The van der Waals surface area contributed by atoms with Crippen molar-refractivity contribution in [3.63, 3.8) is 0 Å². The summed E-state index contributed by atoms with van der Waals surface area (Å²) in [4.78, 5) is 5.28. The monoisotopic (exact) mass is 244 g/mol. The van der Waals surface area contributed by atoms with Crippen molar-refractivity contribution in [3.8, 4) is 0 Å². The first-order chi connectivity index (χ1) is 7.20. The average molecular weight is 244 g/mol. The lowest BCUT2D eigenvalue weighted by Gasteiger charge is -2.23. The van der Waals surface area contributed by atoms with E-state index in [1.54, 1.807) is 11.3 Å². The molecule has 2 heterocycles. The summed E-state index contributed by atoms with van der Waals surface area (Å²) in [6.07, 6.45) is 2.79. The van der Waals surface area contributed by atoms with Gasteiger partial charge in [-0.05, 0) is 19.1 Å². The van der Waals surface area contributed by atoms with Crippen LogP contribution in [0.4, 0.5) is 0 Å². The Balaban J connectivity index is 1.83. The summed E-state index contributed by atoms with van der Waals surface area (Å²) >= 11 is 3.48. The zero-order chi connectivity index (χ0) is 10.7. The van der Waals surface area contributed by atoms with E-state index in [-0.39, 0.29) is 6.04 Å². The van der Waals surface area contributed by atoms with Gasteiger partial charge >= 0.3 is 0 Å². The maximum atomic E-state index is 10.1. The fourth-order valence-corrected chi connectivity index (χ4v) is 3.57. The summed E-state index contributed by atoms with van der Waals surface area (Å²) < 4.78 is 0. The van der Waals surface area contributed by atoms with E-state index in [0.29, 0.717) is 6.54 Å². The highest BCUT2D eigenvalue weighted by Gasteiger charge is 2.31. The van der Waals surface area contributed by atoms with Crippen molar-refractivity contribution in [2.24, 2.45) is 0 Å². The summed E-state index contributed by atoms with van der Waals surface area (Å²) in [6, 6.07) is 0.284. The third-order valence-electron chi connectivity index (χ3n) is 2.70. The van der Waals surface area contributed by atoms with Crippen molar-refractivity contribution in [2.75, 3.05) is 18.1 Å². The van der Waals surface area contributed by atoms with Crippen LogP contribution < -0.4 is 5.32 Å². The van der Waals surface area contributed by atoms with Crippen molar-refractivity contribution in [2.45, 2.75) is 25.0 Å². The molecule has 0 saturated carbocycles. The van der Waals surface area contributed by atoms with Crippen LogP contribution in [0.15, 0.2) is 11.7 Å². The van der Waals surface area contributed by atoms with Crippen LogP contribution in [0.2, 0.25) is 0 Å². The van der Waals surface area contributed by atoms with Crippen molar-refractivity contribution in [1.82, 2.24) is 10.3 Å². The minimum atomic E-state index is -0.496. The molecule has 2 N–H and O–H groups in total. The van der Waals surface area contributed by atoms with Gasteiger partial charge in [0, 0.05) is 29.4 Å². The van der Waals surface area contributed by atoms with E-state index in [1.165, 1.54) is 4.88 Å². The van der Waals surface area contributed by atoms with E-state index >= 15 is 0 Å². The Morgan fingerprint density at radius 2 is 2.60 bits per heavy atom.